The minimum atomic E-state index is -1.04. The fourth-order valence-electron chi connectivity index (χ4n) is 5.98. The number of carbonyl (C=O) groups is 3. The number of hydrogen-bond donors (Lipinski definition) is 2. The molecule has 5 fully saturated rings. The normalized spacial score (nSPS) is 52.8. The van der Waals surface area contributed by atoms with E-state index in [4.69, 9.17) is 20.9 Å². The molecule has 5 aliphatic heterocycles. The lowest BCUT2D eigenvalue weighted by molar-refractivity contribution is -0.141. The SMILES string of the molecule is COC12C(COC(N)=O)C3C(=O)C(N)=C(C)C(=O)C34N3C(CN14)C32. The van der Waals surface area contributed by atoms with Gasteiger partial charge in [-0.3, -0.25) is 14.5 Å². The topological polar surface area (TPSA) is 128 Å². The number of piperazine rings is 1. The number of carbonyl (C=O) groups excluding carboxylic acids is 3. The molecule has 1 spiro atoms. The molecule has 0 aromatic carbocycles. The summed E-state index contributed by atoms with van der Waals surface area (Å²) in [5, 5.41) is 0. The molecule has 8 unspecified atom stereocenters. The zero-order valence-corrected chi connectivity index (χ0v) is 13.3. The van der Waals surface area contributed by atoms with Crippen LogP contribution in [0, 0.1) is 11.8 Å². The fraction of sp³-hybridized carbons (Fsp3) is 0.667. The van der Waals surface area contributed by atoms with Gasteiger partial charge in [-0.05, 0) is 6.92 Å². The minimum Gasteiger partial charge on any atom is -0.449 e. The van der Waals surface area contributed by atoms with Gasteiger partial charge in [0, 0.05) is 25.3 Å². The molecule has 1 aliphatic carbocycles. The zero-order chi connectivity index (χ0) is 17.2. The number of hydrogen-bond acceptors (Lipinski definition) is 8. The van der Waals surface area contributed by atoms with E-state index in [1.165, 1.54) is 0 Å². The van der Waals surface area contributed by atoms with Gasteiger partial charge in [-0.25, -0.2) is 9.69 Å². The Hall–Kier alpha value is -1.97. The molecule has 8 atom stereocenters. The molecule has 0 saturated carbocycles. The number of ketones is 2. The summed E-state index contributed by atoms with van der Waals surface area (Å²) in [7, 11) is 1.57. The third-order valence-electron chi connectivity index (χ3n) is 6.68. The average Bonchev–Trinajstić information content (AvgIpc) is 2.87. The lowest BCUT2D eigenvalue weighted by atomic mass is 9.69. The van der Waals surface area contributed by atoms with Crippen LogP contribution < -0.4 is 11.5 Å². The maximum atomic E-state index is 13.2. The maximum Gasteiger partial charge on any atom is 0.404 e. The average molecular weight is 334 g/mol. The first-order valence-electron chi connectivity index (χ1n) is 7.94. The highest BCUT2D eigenvalue weighted by Crippen LogP contribution is 2.75. The van der Waals surface area contributed by atoms with E-state index >= 15 is 0 Å². The molecule has 9 nitrogen and oxygen atoms in total. The number of nitrogens with zero attached hydrogens (tertiary/aromatic N) is 2. The summed E-state index contributed by atoms with van der Waals surface area (Å²) in [5.74, 6) is -1.61. The van der Waals surface area contributed by atoms with Crippen LogP contribution in [-0.2, 0) is 19.1 Å². The summed E-state index contributed by atoms with van der Waals surface area (Å²) < 4.78 is 10.9. The summed E-state index contributed by atoms with van der Waals surface area (Å²) in [6, 6.07) is 0.221. The molecule has 5 saturated heterocycles. The lowest BCUT2D eigenvalue weighted by Crippen LogP contribution is -2.61. The highest BCUT2D eigenvalue weighted by Gasteiger charge is 2.95. The Morgan fingerprint density at radius 3 is 2.71 bits per heavy atom. The third-order valence-corrected chi connectivity index (χ3v) is 6.68. The molecule has 4 N–H and O–H groups in total. The van der Waals surface area contributed by atoms with Crippen molar-refractivity contribution < 1.29 is 23.9 Å². The molecule has 5 heterocycles. The van der Waals surface area contributed by atoms with Crippen molar-refractivity contribution in [1.82, 2.24) is 9.80 Å². The van der Waals surface area contributed by atoms with Crippen molar-refractivity contribution in [2.75, 3.05) is 20.3 Å². The summed E-state index contributed by atoms with van der Waals surface area (Å²) in [6.07, 6.45) is -0.914. The first kappa shape index (κ1) is 14.4. The number of primary amides is 1. The number of allylic oxidation sites excluding steroid dienone is 1. The van der Waals surface area contributed by atoms with E-state index in [-0.39, 0.29) is 36.0 Å². The number of piperidine rings is 1. The van der Waals surface area contributed by atoms with Crippen LogP contribution >= 0.6 is 0 Å². The number of Topliss-reactive ketones (excluding diaryl/α,β-unsaturated/α-hetero) is 2. The highest BCUT2D eigenvalue weighted by molar-refractivity contribution is 6.18. The molecule has 0 aromatic rings. The molecule has 128 valence electrons. The molecular formula is C15H18N4O5. The van der Waals surface area contributed by atoms with Crippen molar-refractivity contribution in [3.8, 4) is 0 Å². The number of rotatable bonds is 3. The molecule has 1 amide bonds. The van der Waals surface area contributed by atoms with Crippen LogP contribution in [0.5, 0.6) is 0 Å². The number of amides is 1. The molecule has 0 radical (unpaired) electrons. The molecule has 0 aromatic heterocycles. The van der Waals surface area contributed by atoms with E-state index in [2.05, 4.69) is 4.90 Å². The minimum absolute atomic E-state index is 0.00435. The van der Waals surface area contributed by atoms with E-state index in [9.17, 15) is 14.4 Å². The van der Waals surface area contributed by atoms with Crippen LogP contribution in [0.2, 0.25) is 0 Å². The predicted octanol–water partition coefficient (Wildman–Crippen LogP) is -1.87. The molecule has 6 rings (SSSR count). The van der Waals surface area contributed by atoms with Gasteiger partial charge in [0.2, 0.25) is 0 Å². The van der Waals surface area contributed by atoms with Crippen LogP contribution in [0.25, 0.3) is 0 Å². The Labute approximate surface area is 137 Å². The Morgan fingerprint density at radius 1 is 1.42 bits per heavy atom. The monoisotopic (exact) mass is 334 g/mol. The smallest absolute Gasteiger partial charge is 0.404 e. The Balaban J connectivity index is 1.70. The molecule has 6 bridgehead atoms. The van der Waals surface area contributed by atoms with Crippen molar-refractivity contribution in [1.29, 1.82) is 0 Å². The summed E-state index contributed by atoms with van der Waals surface area (Å²) in [5.41, 5.74) is 9.46. The van der Waals surface area contributed by atoms with Crippen LogP contribution in [-0.4, -0.2) is 71.2 Å². The lowest BCUT2D eigenvalue weighted by Gasteiger charge is -2.40. The second-order valence-corrected chi connectivity index (χ2v) is 7.16. The van der Waals surface area contributed by atoms with Crippen LogP contribution in [0.3, 0.4) is 0 Å². The summed E-state index contributed by atoms with van der Waals surface area (Å²) in [6.45, 7) is 2.18. The van der Waals surface area contributed by atoms with Crippen molar-refractivity contribution in [2.45, 2.75) is 30.4 Å². The first-order valence-corrected chi connectivity index (χ1v) is 7.94. The second kappa shape index (κ2) is 3.81. The van der Waals surface area contributed by atoms with Gasteiger partial charge < -0.3 is 20.9 Å². The number of ether oxygens (including phenoxy) is 2. The predicted molar refractivity (Wildman–Crippen MR) is 78.0 cm³/mol. The largest absolute Gasteiger partial charge is 0.449 e. The Kier molecular flexibility index (Phi) is 2.29. The van der Waals surface area contributed by atoms with Crippen molar-refractivity contribution in [2.24, 2.45) is 23.3 Å². The van der Waals surface area contributed by atoms with E-state index in [1.54, 1.807) is 14.0 Å². The molecule has 6 aliphatic rings. The molecular weight excluding hydrogens is 316 g/mol. The first-order chi connectivity index (χ1) is 11.3. The number of methoxy groups -OCH3 is 1. The number of nitrogens with two attached hydrogens (primary N) is 2. The van der Waals surface area contributed by atoms with Gasteiger partial charge >= 0.3 is 6.09 Å². The van der Waals surface area contributed by atoms with E-state index < -0.39 is 29.3 Å². The van der Waals surface area contributed by atoms with Crippen LogP contribution in [0.15, 0.2) is 11.3 Å². The van der Waals surface area contributed by atoms with Gasteiger partial charge in [0.15, 0.2) is 17.2 Å². The van der Waals surface area contributed by atoms with E-state index in [0.717, 1.165) is 0 Å². The molecule has 24 heavy (non-hydrogen) atoms. The third kappa shape index (κ3) is 1.08. The second-order valence-electron chi connectivity index (χ2n) is 7.16. The van der Waals surface area contributed by atoms with Crippen LogP contribution in [0.4, 0.5) is 4.79 Å². The molecule has 9 heteroatoms. The standard InChI is InChI=1S/C15H18N4O5/c1-5-9(16)10(20)8-6(4-24-13(17)22)15(23-2)11-7-3-18(15)14(8,12(5)21)19(7)11/h6-8,11H,3-4,16H2,1-2H3,(H2,17,22). The summed E-state index contributed by atoms with van der Waals surface area (Å²) >= 11 is 0. The van der Waals surface area contributed by atoms with Gasteiger partial charge in [-0.2, -0.15) is 0 Å². The quantitative estimate of drug-likeness (QED) is 0.575. The van der Waals surface area contributed by atoms with Gasteiger partial charge in [0.05, 0.1) is 23.6 Å². The van der Waals surface area contributed by atoms with Crippen molar-refractivity contribution in [3.05, 3.63) is 11.3 Å². The fourth-order valence-corrected chi connectivity index (χ4v) is 5.98. The zero-order valence-electron chi connectivity index (χ0n) is 13.3. The Morgan fingerprint density at radius 2 is 2.12 bits per heavy atom. The summed E-state index contributed by atoms with van der Waals surface area (Å²) in [4.78, 5) is 41.4. The Bertz CT molecular complexity index is 765. The van der Waals surface area contributed by atoms with Crippen molar-refractivity contribution >= 4 is 17.7 Å². The van der Waals surface area contributed by atoms with E-state index in [0.29, 0.717) is 12.1 Å². The van der Waals surface area contributed by atoms with Crippen LogP contribution in [0.1, 0.15) is 6.92 Å². The van der Waals surface area contributed by atoms with Gasteiger partial charge in [-0.15, -0.1) is 0 Å². The maximum absolute atomic E-state index is 13.2. The van der Waals surface area contributed by atoms with Crippen molar-refractivity contribution in [3.63, 3.8) is 0 Å². The van der Waals surface area contributed by atoms with E-state index in [1.807, 2.05) is 4.90 Å². The van der Waals surface area contributed by atoms with Gasteiger partial charge in [-0.1, -0.05) is 0 Å². The highest BCUT2D eigenvalue weighted by atomic mass is 16.6. The van der Waals surface area contributed by atoms with Gasteiger partial charge in [0.25, 0.3) is 0 Å². The van der Waals surface area contributed by atoms with Gasteiger partial charge in [0.1, 0.15) is 12.3 Å².